The van der Waals surface area contributed by atoms with Gasteiger partial charge >= 0.3 is 0 Å². The summed E-state index contributed by atoms with van der Waals surface area (Å²) < 4.78 is 73.4. The molecule has 1 heterocycles. The summed E-state index contributed by atoms with van der Waals surface area (Å²) >= 11 is 5.85. The number of hydrogen-bond donors (Lipinski definition) is 1. The van der Waals surface area contributed by atoms with Crippen LogP contribution in [0.25, 0.3) is 0 Å². The summed E-state index contributed by atoms with van der Waals surface area (Å²) in [6, 6.07) is 12.6. The highest BCUT2D eigenvalue weighted by Crippen LogP contribution is 2.44. The first-order valence-electron chi connectivity index (χ1n) is 9.19. The molecule has 0 unspecified atom stereocenters. The summed E-state index contributed by atoms with van der Waals surface area (Å²) in [6.07, 6.45) is 0.425. The lowest BCUT2D eigenvalue weighted by Gasteiger charge is -2.22. The predicted octanol–water partition coefficient (Wildman–Crippen LogP) is 4.25. The molecule has 0 atom stereocenters. The smallest absolute Gasteiger partial charge is 0.240 e. The molecule has 31 heavy (non-hydrogen) atoms. The predicted molar refractivity (Wildman–Crippen MR) is 113 cm³/mol. The van der Waals surface area contributed by atoms with Crippen molar-refractivity contribution >= 4 is 31.5 Å². The maximum Gasteiger partial charge on any atom is 0.240 e. The van der Waals surface area contributed by atoms with Crippen molar-refractivity contribution in [3.8, 4) is 11.5 Å². The van der Waals surface area contributed by atoms with E-state index in [0.717, 1.165) is 23.8 Å². The van der Waals surface area contributed by atoms with E-state index in [-0.39, 0.29) is 32.7 Å². The van der Waals surface area contributed by atoms with Gasteiger partial charge in [-0.05, 0) is 66.9 Å². The SMILES string of the molecule is Cc1cc2c(cc1S(=O)(=O)NCCc1ccc(Cl)cc1)S(=O)(=O)c1cc(F)ccc1O2. The van der Waals surface area contributed by atoms with Crippen LogP contribution in [-0.2, 0) is 26.3 Å². The lowest BCUT2D eigenvalue weighted by Crippen LogP contribution is -2.27. The van der Waals surface area contributed by atoms with Gasteiger partial charge < -0.3 is 4.74 Å². The Balaban J connectivity index is 1.64. The Morgan fingerprint density at radius 1 is 1.00 bits per heavy atom. The van der Waals surface area contributed by atoms with E-state index in [2.05, 4.69) is 4.72 Å². The average molecular weight is 482 g/mol. The fraction of sp³-hybridized carbons (Fsp3) is 0.143. The molecule has 0 aliphatic carbocycles. The normalized spacial score (nSPS) is 14.4. The third-order valence-electron chi connectivity index (χ3n) is 4.85. The molecule has 10 heteroatoms. The number of nitrogens with one attached hydrogen (secondary N) is 1. The summed E-state index contributed by atoms with van der Waals surface area (Å²) in [5.41, 5.74) is 1.21. The molecular formula is C21H17ClFNO5S2. The van der Waals surface area contributed by atoms with E-state index < -0.39 is 25.7 Å². The molecule has 0 saturated heterocycles. The highest BCUT2D eigenvalue weighted by Gasteiger charge is 2.34. The van der Waals surface area contributed by atoms with Crippen LogP contribution in [0.15, 0.2) is 69.3 Å². The Morgan fingerprint density at radius 3 is 2.39 bits per heavy atom. The summed E-state index contributed by atoms with van der Waals surface area (Å²) in [5.74, 6) is -0.750. The molecule has 1 aliphatic heterocycles. The fourth-order valence-electron chi connectivity index (χ4n) is 3.29. The third-order valence-corrected chi connectivity index (χ3v) is 8.51. The van der Waals surface area contributed by atoms with Gasteiger partial charge in [-0.3, -0.25) is 0 Å². The number of rotatable bonds is 5. The topological polar surface area (TPSA) is 89.5 Å². The number of ether oxygens (including phenoxy) is 1. The van der Waals surface area contributed by atoms with Crippen molar-refractivity contribution in [2.45, 2.75) is 28.0 Å². The lowest BCUT2D eigenvalue weighted by atomic mass is 10.2. The van der Waals surface area contributed by atoms with E-state index in [0.29, 0.717) is 17.0 Å². The average Bonchev–Trinajstić information content (AvgIpc) is 2.69. The van der Waals surface area contributed by atoms with E-state index in [9.17, 15) is 21.2 Å². The van der Waals surface area contributed by atoms with E-state index in [4.69, 9.17) is 16.3 Å². The molecule has 1 N–H and O–H groups in total. The van der Waals surface area contributed by atoms with Gasteiger partial charge in [0.05, 0.1) is 4.90 Å². The number of benzene rings is 3. The number of fused-ring (bicyclic) bond motifs is 2. The molecule has 4 rings (SSSR count). The second-order valence-corrected chi connectivity index (χ2v) is 11.1. The second kappa shape index (κ2) is 7.90. The van der Waals surface area contributed by atoms with Crippen LogP contribution < -0.4 is 9.46 Å². The van der Waals surface area contributed by atoms with Gasteiger partial charge in [-0.25, -0.2) is 25.9 Å². The van der Waals surface area contributed by atoms with Crippen LogP contribution in [0.2, 0.25) is 5.02 Å². The van der Waals surface area contributed by atoms with Gasteiger partial charge in [0.25, 0.3) is 0 Å². The number of hydrogen-bond acceptors (Lipinski definition) is 5. The van der Waals surface area contributed by atoms with E-state index in [1.807, 2.05) is 0 Å². The fourth-order valence-corrected chi connectivity index (χ4v) is 6.29. The third kappa shape index (κ3) is 4.18. The quantitative estimate of drug-likeness (QED) is 0.460. The minimum Gasteiger partial charge on any atom is -0.455 e. The van der Waals surface area contributed by atoms with Crippen LogP contribution >= 0.6 is 11.6 Å². The number of aryl methyl sites for hydroxylation is 1. The van der Waals surface area contributed by atoms with Crippen molar-refractivity contribution < 1.29 is 26.0 Å². The number of halogens is 2. The molecule has 0 bridgehead atoms. The second-order valence-electron chi connectivity index (χ2n) is 7.04. The summed E-state index contributed by atoms with van der Waals surface area (Å²) in [5, 5.41) is 0.582. The molecule has 0 fully saturated rings. The van der Waals surface area contributed by atoms with Gasteiger partial charge in [0, 0.05) is 11.6 Å². The zero-order valence-corrected chi connectivity index (χ0v) is 18.6. The molecule has 162 valence electrons. The van der Waals surface area contributed by atoms with Crippen molar-refractivity contribution in [3.05, 3.63) is 76.6 Å². The maximum absolute atomic E-state index is 13.6. The van der Waals surface area contributed by atoms with Crippen LogP contribution in [0.3, 0.4) is 0 Å². The molecule has 0 radical (unpaired) electrons. The van der Waals surface area contributed by atoms with Crippen molar-refractivity contribution in [3.63, 3.8) is 0 Å². The minimum atomic E-state index is -4.16. The van der Waals surface area contributed by atoms with Crippen molar-refractivity contribution in [2.75, 3.05) is 6.54 Å². The number of sulfone groups is 1. The Kier molecular flexibility index (Phi) is 5.55. The van der Waals surface area contributed by atoms with Crippen LogP contribution in [0.4, 0.5) is 4.39 Å². The van der Waals surface area contributed by atoms with Gasteiger partial charge in [0.2, 0.25) is 19.9 Å². The Hall–Kier alpha value is -2.46. The van der Waals surface area contributed by atoms with Crippen LogP contribution in [0.5, 0.6) is 11.5 Å². The van der Waals surface area contributed by atoms with Crippen LogP contribution in [-0.4, -0.2) is 23.4 Å². The molecular weight excluding hydrogens is 465 g/mol. The minimum absolute atomic E-state index is 0.00303. The summed E-state index contributed by atoms with van der Waals surface area (Å²) in [7, 11) is -8.17. The molecule has 0 saturated carbocycles. The summed E-state index contributed by atoms with van der Waals surface area (Å²) in [4.78, 5) is -0.855. The Labute approximate surface area is 184 Å². The van der Waals surface area contributed by atoms with E-state index >= 15 is 0 Å². The molecule has 1 aliphatic rings. The maximum atomic E-state index is 13.6. The van der Waals surface area contributed by atoms with E-state index in [1.165, 1.54) is 12.1 Å². The first-order chi connectivity index (χ1) is 14.6. The van der Waals surface area contributed by atoms with Crippen molar-refractivity contribution in [2.24, 2.45) is 0 Å². The Morgan fingerprint density at radius 2 is 1.68 bits per heavy atom. The van der Waals surface area contributed by atoms with E-state index in [1.54, 1.807) is 31.2 Å². The zero-order chi connectivity index (χ0) is 22.4. The number of sulfonamides is 1. The standard InChI is InChI=1S/C21H17ClFNO5S2/c1-13-10-18-21(30(25,26)20-11-16(23)6-7-17(20)29-18)12-19(13)31(27,28)24-9-8-14-2-4-15(22)5-3-14/h2-7,10-12,24H,8-9H2,1H3. The van der Waals surface area contributed by atoms with Crippen LogP contribution in [0.1, 0.15) is 11.1 Å². The first-order valence-corrected chi connectivity index (χ1v) is 12.5. The van der Waals surface area contributed by atoms with Gasteiger partial charge in [-0.2, -0.15) is 0 Å². The summed E-state index contributed by atoms with van der Waals surface area (Å²) in [6.45, 7) is 1.65. The molecule has 0 amide bonds. The molecule has 3 aromatic rings. The highest BCUT2D eigenvalue weighted by atomic mass is 35.5. The zero-order valence-electron chi connectivity index (χ0n) is 16.2. The molecule has 0 spiro atoms. The van der Waals surface area contributed by atoms with Gasteiger partial charge in [0.1, 0.15) is 27.1 Å². The van der Waals surface area contributed by atoms with Crippen LogP contribution in [0, 0.1) is 12.7 Å². The van der Waals surface area contributed by atoms with Gasteiger partial charge in [0.15, 0.2) is 0 Å². The molecule has 3 aromatic carbocycles. The highest BCUT2D eigenvalue weighted by molar-refractivity contribution is 7.92. The largest absolute Gasteiger partial charge is 0.455 e. The van der Waals surface area contributed by atoms with Gasteiger partial charge in [-0.1, -0.05) is 23.7 Å². The van der Waals surface area contributed by atoms with Crippen molar-refractivity contribution in [1.29, 1.82) is 0 Å². The monoisotopic (exact) mass is 481 g/mol. The molecule has 6 nitrogen and oxygen atoms in total. The van der Waals surface area contributed by atoms with Gasteiger partial charge in [-0.15, -0.1) is 0 Å². The lowest BCUT2D eigenvalue weighted by molar-refractivity contribution is 0.438. The first kappa shape index (κ1) is 21.8. The Bertz CT molecular complexity index is 1390. The molecule has 0 aromatic heterocycles. The van der Waals surface area contributed by atoms with Crippen molar-refractivity contribution in [1.82, 2.24) is 4.72 Å².